The van der Waals surface area contributed by atoms with E-state index < -0.39 is 17.6 Å². The molecule has 5 nitrogen and oxygen atoms in total. The topological polar surface area (TPSA) is 49.9 Å². The molecule has 0 spiro atoms. The van der Waals surface area contributed by atoms with Crippen molar-refractivity contribution in [3.63, 3.8) is 0 Å². The number of carbonyl (C=O) groups excluding carboxylic acids is 2. The minimum atomic E-state index is -4.52. The van der Waals surface area contributed by atoms with Crippen molar-refractivity contribution in [2.45, 2.75) is 6.18 Å². The molecule has 0 N–H and O–H groups in total. The third-order valence-corrected chi connectivity index (χ3v) is 5.13. The maximum atomic E-state index is 12.9. The van der Waals surface area contributed by atoms with E-state index >= 15 is 0 Å². The van der Waals surface area contributed by atoms with Crippen molar-refractivity contribution in [2.75, 3.05) is 32.8 Å². The molecule has 3 rings (SSSR count). The fourth-order valence-electron chi connectivity index (χ4n) is 2.99. The van der Waals surface area contributed by atoms with Crippen LogP contribution >= 0.6 is 23.2 Å². The number of ether oxygens (including phenoxy) is 1. The van der Waals surface area contributed by atoms with Crippen molar-refractivity contribution in [2.24, 2.45) is 0 Å². The molecule has 0 bridgehead atoms. The fraction of sp³-hybridized carbons (Fsp3) is 0.300. The number of hydrogen-bond acceptors (Lipinski definition) is 3. The van der Waals surface area contributed by atoms with Gasteiger partial charge < -0.3 is 14.5 Å². The molecule has 0 radical (unpaired) electrons. The predicted molar refractivity (Wildman–Crippen MR) is 106 cm³/mol. The van der Waals surface area contributed by atoms with Gasteiger partial charge in [0.2, 0.25) is 0 Å². The zero-order valence-electron chi connectivity index (χ0n) is 15.6. The predicted octanol–water partition coefficient (Wildman–Crippen LogP) is 4.38. The van der Waals surface area contributed by atoms with Crippen LogP contribution in [0.3, 0.4) is 0 Å². The van der Waals surface area contributed by atoms with Gasteiger partial charge in [-0.2, -0.15) is 13.2 Å². The summed E-state index contributed by atoms with van der Waals surface area (Å²) < 4.78 is 44.0. The van der Waals surface area contributed by atoms with E-state index in [0.29, 0.717) is 10.8 Å². The number of rotatable bonds is 4. The number of hydrogen-bond donors (Lipinski definition) is 0. The summed E-state index contributed by atoms with van der Waals surface area (Å²) in [7, 11) is 0. The van der Waals surface area contributed by atoms with E-state index in [1.807, 2.05) is 0 Å². The number of alkyl halides is 3. The highest BCUT2D eigenvalue weighted by Gasteiger charge is 2.32. The Morgan fingerprint density at radius 2 is 1.63 bits per heavy atom. The van der Waals surface area contributed by atoms with Crippen molar-refractivity contribution in [3.05, 3.63) is 63.6 Å². The van der Waals surface area contributed by atoms with Crippen molar-refractivity contribution in [1.82, 2.24) is 9.80 Å². The molecular weight excluding hydrogens is 444 g/mol. The third kappa shape index (κ3) is 5.37. The molecule has 1 fully saturated rings. The molecule has 0 aliphatic carbocycles. The lowest BCUT2D eigenvalue weighted by Crippen LogP contribution is -2.51. The second-order valence-electron chi connectivity index (χ2n) is 6.61. The Kier molecular flexibility index (Phi) is 6.77. The fourth-order valence-corrected chi connectivity index (χ4v) is 3.46. The first-order valence-electron chi connectivity index (χ1n) is 8.97. The van der Waals surface area contributed by atoms with E-state index in [4.69, 9.17) is 27.9 Å². The zero-order chi connectivity index (χ0) is 21.9. The SMILES string of the molecule is O=C(COc1ccc(Cl)cc1Cl)N1CCN(C(=O)c2cccc(C(F)(F)F)c2)CC1. The molecule has 30 heavy (non-hydrogen) atoms. The van der Waals surface area contributed by atoms with Gasteiger partial charge in [-0.05, 0) is 36.4 Å². The first-order valence-corrected chi connectivity index (χ1v) is 9.73. The van der Waals surface area contributed by atoms with Crippen LogP contribution in [0.15, 0.2) is 42.5 Å². The van der Waals surface area contributed by atoms with Crippen LogP contribution in [0, 0.1) is 0 Å². The van der Waals surface area contributed by atoms with Crippen molar-refractivity contribution < 1.29 is 27.5 Å². The molecule has 160 valence electrons. The number of amides is 2. The van der Waals surface area contributed by atoms with Gasteiger partial charge in [0, 0.05) is 36.8 Å². The highest BCUT2D eigenvalue weighted by atomic mass is 35.5. The van der Waals surface area contributed by atoms with Gasteiger partial charge in [0.1, 0.15) is 5.75 Å². The smallest absolute Gasteiger partial charge is 0.416 e. The zero-order valence-corrected chi connectivity index (χ0v) is 17.1. The van der Waals surface area contributed by atoms with E-state index in [1.165, 1.54) is 28.0 Å². The molecule has 0 aromatic heterocycles. The molecule has 1 aliphatic rings. The van der Waals surface area contributed by atoms with Gasteiger partial charge in [-0.1, -0.05) is 29.3 Å². The van der Waals surface area contributed by atoms with E-state index in [0.717, 1.165) is 12.1 Å². The maximum Gasteiger partial charge on any atom is 0.416 e. The number of carbonyl (C=O) groups is 2. The molecule has 2 aromatic carbocycles. The Morgan fingerprint density at radius 1 is 0.967 bits per heavy atom. The summed E-state index contributed by atoms with van der Waals surface area (Å²) in [6.45, 7) is 0.691. The van der Waals surface area contributed by atoms with E-state index in [-0.39, 0.29) is 49.3 Å². The lowest BCUT2D eigenvalue weighted by molar-refractivity contribution is -0.137. The first kappa shape index (κ1) is 22.2. The van der Waals surface area contributed by atoms with Gasteiger partial charge in [-0.25, -0.2) is 0 Å². The van der Waals surface area contributed by atoms with Crippen LogP contribution in [0.25, 0.3) is 0 Å². The number of nitrogens with zero attached hydrogens (tertiary/aromatic N) is 2. The Morgan fingerprint density at radius 3 is 2.27 bits per heavy atom. The van der Waals surface area contributed by atoms with Crippen LogP contribution in [0.1, 0.15) is 15.9 Å². The average Bonchev–Trinajstić information content (AvgIpc) is 2.72. The van der Waals surface area contributed by atoms with Gasteiger partial charge >= 0.3 is 6.18 Å². The van der Waals surface area contributed by atoms with Crippen molar-refractivity contribution in [1.29, 1.82) is 0 Å². The summed E-state index contributed by atoms with van der Waals surface area (Å²) in [5.41, 5.74) is -0.912. The van der Waals surface area contributed by atoms with Gasteiger partial charge in [0.15, 0.2) is 6.61 Å². The van der Waals surface area contributed by atoms with E-state index in [9.17, 15) is 22.8 Å². The summed E-state index contributed by atoms with van der Waals surface area (Å²) in [6.07, 6.45) is -4.52. The minimum Gasteiger partial charge on any atom is -0.482 e. The van der Waals surface area contributed by atoms with Crippen LogP contribution in [0.5, 0.6) is 5.75 Å². The molecule has 1 saturated heterocycles. The molecule has 0 atom stereocenters. The standard InChI is InChI=1S/C20H17Cl2F3N2O3/c21-15-4-5-17(16(22)11-15)30-12-18(28)26-6-8-27(9-7-26)19(29)13-2-1-3-14(10-13)20(23,24)25/h1-5,10-11H,6-9,12H2. The second-order valence-corrected chi connectivity index (χ2v) is 7.46. The van der Waals surface area contributed by atoms with Crippen molar-refractivity contribution >= 4 is 35.0 Å². The van der Waals surface area contributed by atoms with Crippen LogP contribution in [-0.2, 0) is 11.0 Å². The molecular formula is C20H17Cl2F3N2O3. The highest BCUT2D eigenvalue weighted by Crippen LogP contribution is 2.30. The van der Waals surface area contributed by atoms with Crippen LogP contribution in [-0.4, -0.2) is 54.4 Å². The van der Waals surface area contributed by atoms with Gasteiger partial charge in [0.25, 0.3) is 11.8 Å². The Balaban J connectivity index is 1.54. The lowest BCUT2D eigenvalue weighted by atomic mass is 10.1. The van der Waals surface area contributed by atoms with Crippen LogP contribution < -0.4 is 4.74 Å². The first-order chi connectivity index (χ1) is 14.1. The van der Waals surface area contributed by atoms with Crippen LogP contribution in [0.2, 0.25) is 10.0 Å². The largest absolute Gasteiger partial charge is 0.482 e. The quantitative estimate of drug-likeness (QED) is 0.680. The average molecular weight is 461 g/mol. The molecule has 1 aliphatic heterocycles. The molecule has 2 aromatic rings. The number of piperazine rings is 1. The molecule has 2 amide bonds. The van der Waals surface area contributed by atoms with E-state index in [2.05, 4.69) is 0 Å². The Bertz CT molecular complexity index is 945. The van der Waals surface area contributed by atoms with Gasteiger partial charge in [-0.15, -0.1) is 0 Å². The summed E-state index contributed by atoms with van der Waals surface area (Å²) >= 11 is 11.8. The maximum absolute atomic E-state index is 12.9. The normalized spacial score (nSPS) is 14.6. The second kappa shape index (κ2) is 9.14. The monoisotopic (exact) mass is 460 g/mol. The van der Waals surface area contributed by atoms with Gasteiger partial charge in [0.05, 0.1) is 10.6 Å². The number of benzene rings is 2. The minimum absolute atomic E-state index is 0.0367. The Labute approximate surface area is 180 Å². The molecule has 0 saturated carbocycles. The summed E-state index contributed by atoms with van der Waals surface area (Å²) in [4.78, 5) is 27.8. The highest BCUT2D eigenvalue weighted by molar-refractivity contribution is 6.35. The number of halogens is 5. The molecule has 10 heteroatoms. The van der Waals surface area contributed by atoms with E-state index in [1.54, 1.807) is 12.1 Å². The molecule has 1 heterocycles. The lowest BCUT2D eigenvalue weighted by Gasteiger charge is -2.34. The Hall–Kier alpha value is -2.45. The third-order valence-electron chi connectivity index (χ3n) is 4.60. The van der Waals surface area contributed by atoms with Gasteiger partial charge in [-0.3, -0.25) is 9.59 Å². The summed E-state index contributed by atoms with van der Waals surface area (Å²) in [5.74, 6) is -0.461. The molecule has 0 unspecified atom stereocenters. The summed E-state index contributed by atoms with van der Waals surface area (Å²) in [5, 5.41) is 0.729. The summed E-state index contributed by atoms with van der Waals surface area (Å²) in [6, 6.07) is 8.95. The van der Waals surface area contributed by atoms with Crippen LogP contribution in [0.4, 0.5) is 13.2 Å². The van der Waals surface area contributed by atoms with Crippen molar-refractivity contribution in [3.8, 4) is 5.75 Å².